The minimum Gasteiger partial charge on any atom is -0.246 e. The van der Waals surface area contributed by atoms with E-state index in [4.69, 9.17) is 0 Å². The lowest BCUT2D eigenvalue weighted by Gasteiger charge is -2.22. The third kappa shape index (κ3) is 6.72. The van der Waals surface area contributed by atoms with E-state index < -0.39 is 96.0 Å². The summed E-state index contributed by atoms with van der Waals surface area (Å²) < 4.78 is 124. The van der Waals surface area contributed by atoms with Crippen molar-refractivity contribution >= 4 is 11.1 Å². The van der Waals surface area contributed by atoms with Gasteiger partial charge in [0, 0.05) is 32.7 Å². The molecule has 0 aliphatic carbocycles. The number of aromatic nitrogens is 2. The minimum atomic E-state index is -5.62. The molecule has 0 amide bonds. The molecule has 2 aromatic heterocycles. The second-order valence-corrected chi connectivity index (χ2v) is 10.7. The maximum absolute atomic E-state index is 14.0. The lowest BCUT2D eigenvalue weighted by Crippen LogP contribution is -2.24. The van der Waals surface area contributed by atoms with Gasteiger partial charge >= 0.3 is 18.5 Å². The first-order chi connectivity index (χ1) is 22.1. The lowest BCUT2D eigenvalue weighted by molar-refractivity contribution is -0.150. The number of rotatable bonds is 2. The van der Waals surface area contributed by atoms with Gasteiger partial charge in [0.25, 0.3) is 0 Å². The molecular formula is C31H13F9N8. The van der Waals surface area contributed by atoms with Gasteiger partial charge in [0.05, 0.1) is 45.5 Å². The zero-order chi connectivity index (χ0) is 36.6. The van der Waals surface area contributed by atoms with Crippen LogP contribution in [0.15, 0.2) is 24.3 Å². The van der Waals surface area contributed by atoms with Crippen LogP contribution < -0.4 is 10.4 Å². The van der Waals surface area contributed by atoms with E-state index in [1.165, 1.54) is 39.0 Å². The Balaban J connectivity index is 2.72. The summed E-state index contributed by atoms with van der Waals surface area (Å²) in [4.78, 5) is 6.08. The van der Waals surface area contributed by atoms with E-state index in [9.17, 15) is 71.1 Å². The van der Waals surface area contributed by atoms with E-state index in [0.29, 0.717) is 12.1 Å². The van der Waals surface area contributed by atoms with Crippen molar-refractivity contribution in [1.29, 1.82) is 31.6 Å². The third-order valence-corrected chi connectivity index (χ3v) is 6.56. The van der Waals surface area contributed by atoms with Crippen LogP contribution in [0, 0.1) is 68.0 Å². The Bertz CT molecular complexity index is 2090. The van der Waals surface area contributed by atoms with E-state index in [0.717, 1.165) is 12.1 Å². The van der Waals surface area contributed by atoms with Crippen molar-refractivity contribution in [2.24, 2.45) is 0 Å². The monoisotopic (exact) mass is 668 g/mol. The number of pyridine rings is 2. The van der Waals surface area contributed by atoms with E-state index in [1.807, 2.05) is 0 Å². The zero-order valence-electron chi connectivity index (χ0n) is 24.3. The maximum atomic E-state index is 14.0. The Hall–Kier alpha value is -6.43. The van der Waals surface area contributed by atoms with E-state index in [1.54, 1.807) is 12.1 Å². The fourth-order valence-electron chi connectivity index (χ4n) is 4.38. The van der Waals surface area contributed by atoms with Crippen molar-refractivity contribution < 1.29 is 39.5 Å². The molecule has 0 atom stereocenters. The number of alkyl halides is 9. The number of nitrogens with zero attached hydrogens (tertiary/aromatic N) is 8. The van der Waals surface area contributed by atoms with Crippen LogP contribution in [0.25, 0.3) is 11.1 Å². The first kappa shape index (κ1) is 36.0. The average molecular weight is 668 g/mol. The number of benzene rings is 1. The minimum absolute atomic E-state index is 0.0247. The molecule has 0 saturated carbocycles. The van der Waals surface area contributed by atoms with Gasteiger partial charge in [-0.05, 0) is 24.3 Å². The van der Waals surface area contributed by atoms with Crippen LogP contribution in [-0.4, -0.2) is 9.97 Å². The van der Waals surface area contributed by atoms with Crippen molar-refractivity contribution in [1.82, 2.24) is 9.97 Å². The Morgan fingerprint density at radius 1 is 0.521 bits per heavy atom. The second kappa shape index (κ2) is 12.4. The van der Waals surface area contributed by atoms with Crippen molar-refractivity contribution in [2.75, 3.05) is 0 Å². The molecule has 2 heterocycles. The molecule has 0 bridgehead atoms. The lowest BCUT2D eigenvalue weighted by atomic mass is 9.87. The van der Waals surface area contributed by atoms with E-state index >= 15 is 0 Å². The highest BCUT2D eigenvalue weighted by molar-refractivity contribution is 5.84. The van der Waals surface area contributed by atoms with Gasteiger partial charge in [0.15, 0.2) is 11.4 Å². The molecule has 17 heteroatoms. The number of hydrogen-bond donors (Lipinski definition) is 0. The Morgan fingerprint density at radius 3 is 1.15 bits per heavy atom. The molecule has 0 fully saturated rings. The maximum Gasteiger partial charge on any atom is 0.434 e. The van der Waals surface area contributed by atoms with Gasteiger partial charge in [-0.3, -0.25) is 0 Å². The molecule has 240 valence electrons. The number of halogens is 9. The highest BCUT2D eigenvalue weighted by atomic mass is 19.4. The molecule has 0 N–H and O–H groups in total. The molecule has 0 radical (unpaired) electrons. The Labute approximate surface area is 264 Å². The highest BCUT2D eigenvalue weighted by Crippen LogP contribution is 2.38. The molecule has 3 rings (SSSR count). The van der Waals surface area contributed by atoms with Gasteiger partial charge in [-0.2, -0.15) is 71.1 Å². The van der Waals surface area contributed by atoms with Crippen molar-refractivity contribution in [3.05, 3.63) is 90.9 Å². The van der Waals surface area contributed by atoms with Crippen LogP contribution in [0.5, 0.6) is 0 Å². The zero-order valence-corrected chi connectivity index (χ0v) is 24.3. The summed E-state index contributed by atoms with van der Waals surface area (Å²) in [5.41, 5.74) is -15.3. The van der Waals surface area contributed by atoms with Crippen LogP contribution in [0.2, 0.25) is 0 Å². The first-order valence-corrected chi connectivity index (χ1v) is 12.7. The van der Waals surface area contributed by atoms with Gasteiger partial charge in [0.1, 0.15) is 30.0 Å². The third-order valence-electron chi connectivity index (χ3n) is 6.56. The molecule has 0 unspecified atom stereocenters. The normalized spacial score (nSPS) is 13.1. The summed E-state index contributed by atoms with van der Waals surface area (Å²) in [6.07, 6.45) is -16.3. The van der Waals surface area contributed by atoms with Crippen LogP contribution in [0.4, 0.5) is 39.5 Å². The Kier molecular flexibility index (Phi) is 9.31. The van der Waals surface area contributed by atoms with Crippen LogP contribution in [-0.2, 0) is 23.9 Å². The molecule has 0 aliphatic rings. The van der Waals surface area contributed by atoms with Crippen molar-refractivity contribution in [2.45, 2.75) is 44.7 Å². The summed E-state index contributed by atoms with van der Waals surface area (Å²) in [5.74, 6) is 0. The van der Waals surface area contributed by atoms with E-state index in [2.05, 4.69) is 9.97 Å². The molecule has 48 heavy (non-hydrogen) atoms. The molecular weight excluding hydrogens is 655 g/mol. The highest BCUT2D eigenvalue weighted by Gasteiger charge is 2.42. The second-order valence-electron chi connectivity index (χ2n) is 10.7. The number of nitriles is 6. The van der Waals surface area contributed by atoms with Crippen molar-refractivity contribution in [3.63, 3.8) is 0 Å². The SMILES string of the molecule is CC(C)(C)c1cc(/C(C#N)=c2\cc(C#N)/c(=C(/C#N)c3cc(C(F)(F)F)nc(C(F)(F)F)c3C#N)cc2C#N)c(C#N)c(C(F)(F)F)n1. The smallest absolute Gasteiger partial charge is 0.246 e. The molecule has 8 nitrogen and oxygen atoms in total. The molecule has 0 saturated heterocycles. The molecule has 0 aliphatic heterocycles. The van der Waals surface area contributed by atoms with Gasteiger partial charge in [-0.1, -0.05) is 20.8 Å². The first-order valence-electron chi connectivity index (χ1n) is 12.7. The van der Waals surface area contributed by atoms with Crippen LogP contribution in [0.1, 0.15) is 76.9 Å². The predicted octanol–water partition coefficient (Wildman–Crippen LogP) is 5.76. The fraction of sp³-hybridized carbons (Fsp3) is 0.226. The molecule has 3 aromatic rings. The summed E-state index contributed by atoms with van der Waals surface area (Å²) in [6.45, 7) is 4.43. The molecule has 0 spiro atoms. The number of hydrogen-bond acceptors (Lipinski definition) is 8. The quantitative estimate of drug-likeness (QED) is 0.311. The van der Waals surface area contributed by atoms with E-state index in [-0.39, 0.29) is 11.8 Å². The Morgan fingerprint density at radius 2 is 0.875 bits per heavy atom. The summed E-state index contributed by atoms with van der Waals surface area (Å²) in [7, 11) is 0. The molecule has 1 aromatic carbocycles. The van der Waals surface area contributed by atoms with Crippen LogP contribution >= 0.6 is 0 Å². The van der Waals surface area contributed by atoms with Gasteiger partial charge in [0.2, 0.25) is 0 Å². The predicted molar refractivity (Wildman–Crippen MR) is 143 cm³/mol. The van der Waals surface area contributed by atoms with Gasteiger partial charge in [-0.15, -0.1) is 0 Å². The summed E-state index contributed by atoms with van der Waals surface area (Å²) in [5, 5.41) is 57.8. The topological polar surface area (TPSA) is 169 Å². The van der Waals surface area contributed by atoms with Crippen molar-refractivity contribution in [3.8, 4) is 36.4 Å². The van der Waals surface area contributed by atoms with Gasteiger partial charge in [-0.25, -0.2) is 9.97 Å². The van der Waals surface area contributed by atoms with Gasteiger partial charge < -0.3 is 0 Å². The summed E-state index contributed by atoms with van der Waals surface area (Å²) in [6, 6.07) is 10.7. The average Bonchev–Trinajstić information content (AvgIpc) is 2.99. The fourth-order valence-corrected chi connectivity index (χ4v) is 4.38. The summed E-state index contributed by atoms with van der Waals surface area (Å²) >= 11 is 0. The largest absolute Gasteiger partial charge is 0.434 e. The van der Waals surface area contributed by atoms with Crippen LogP contribution in [0.3, 0.4) is 0 Å². The standard InChI is InChI=1S/C31H13F9N8/c1-28(2,3)24-6-18(22(12-45)26(47-24)30(35,36)37)20(10-43)16-4-15(9-42)17(5-14(16)8-41)21(11-44)19-7-25(29(32,33)34)48-27(23(19)13-46)31(38,39)40/h4-7H,1-3H3/b20-16+,21-17-.